The number of benzene rings is 1. The van der Waals surface area contributed by atoms with Gasteiger partial charge in [-0.15, -0.1) is 0 Å². The molecule has 0 spiro atoms. The van der Waals surface area contributed by atoms with Gasteiger partial charge in [0.25, 0.3) is 5.91 Å². The normalized spacial score (nSPS) is 21.0. The van der Waals surface area contributed by atoms with Gasteiger partial charge in [-0.1, -0.05) is 30.3 Å². The highest BCUT2D eigenvalue weighted by atomic mass is 16.5. The standard InChI is InChI=1S/C17H21N3O2/c1-12-10-15(20(2)19-12)17(21)18-11-14-8-9-22-16(14)13-6-4-3-5-7-13/h3-7,10,14,16H,8-9,11H2,1-2H3,(H,18,21)/t14-,16-/m1/s1. The van der Waals surface area contributed by atoms with Crippen molar-refractivity contribution in [1.82, 2.24) is 15.1 Å². The summed E-state index contributed by atoms with van der Waals surface area (Å²) in [7, 11) is 1.79. The van der Waals surface area contributed by atoms with E-state index in [0.29, 0.717) is 18.2 Å². The molecule has 5 heteroatoms. The molecule has 0 unspecified atom stereocenters. The van der Waals surface area contributed by atoms with Crippen molar-refractivity contribution < 1.29 is 9.53 Å². The third-order valence-electron chi connectivity index (χ3n) is 4.10. The van der Waals surface area contributed by atoms with Crippen molar-refractivity contribution in [2.24, 2.45) is 13.0 Å². The molecule has 1 aromatic carbocycles. The molecule has 2 aromatic rings. The predicted octanol–water partition coefficient (Wildman–Crippen LogP) is 2.24. The molecule has 1 N–H and O–H groups in total. The molecule has 2 heterocycles. The molecule has 1 saturated heterocycles. The van der Waals surface area contributed by atoms with Crippen LogP contribution in [0, 0.1) is 12.8 Å². The van der Waals surface area contributed by atoms with Gasteiger partial charge in [0.2, 0.25) is 0 Å². The van der Waals surface area contributed by atoms with Crippen molar-refractivity contribution in [3.8, 4) is 0 Å². The van der Waals surface area contributed by atoms with E-state index in [1.54, 1.807) is 17.8 Å². The predicted molar refractivity (Wildman–Crippen MR) is 83.5 cm³/mol. The smallest absolute Gasteiger partial charge is 0.269 e. The van der Waals surface area contributed by atoms with Crippen molar-refractivity contribution in [3.63, 3.8) is 0 Å². The van der Waals surface area contributed by atoms with Crippen LogP contribution in [0.5, 0.6) is 0 Å². The first-order chi connectivity index (χ1) is 10.6. The fourth-order valence-electron chi connectivity index (χ4n) is 2.99. The minimum Gasteiger partial charge on any atom is -0.373 e. The fraction of sp³-hybridized carbons (Fsp3) is 0.412. The molecule has 1 amide bonds. The van der Waals surface area contributed by atoms with Gasteiger partial charge in [-0.2, -0.15) is 5.10 Å². The lowest BCUT2D eigenvalue weighted by molar-refractivity contribution is 0.0842. The summed E-state index contributed by atoms with van der Waals surface area (Å²) in [5.74, 6) is 0.225. The Kier molecular flexibility index (Phi) is 4.24. The van der Waals surface area contributed by atoms with Crippen molar-refractivity contribution in [1.29, 1.82) is 0 Å². The van der Waals surface area contributed by atoms with E-state index in [2.05, 4.69) is 22.5 Å². The number of aryl methyl sites for hydroxylation is 2. The van der Waals surface area contributed by atoms with E-state index in [-0.39, 0.29) is 12.0 Å². The van der Waals surface area contributed by atoms with Crippen LogP contribution in [0.15, 0.2) is 36.4 Å². The Hall–Kier alpha value is -2.14. The zero-order chi connectivity index (χ0) is 15.5. The Morgan fingerprint density at radius 2 is 2.18 bits per heavy atom. The van der Waals surface area contributed by atoms with Crippen molar-refractivity contribution >= 4 is 5.91 Å². The minimum atomic E-state index is -0.0817. The summed E-state index contributed by atoms with van der Waals surface area (Å²) in [5, 5.41) is 7.22. The molecule has 1 aromatic heterocycles. The number of ether oxygens (including phenoxy) is 1. The lowest BCUT2D eigenvalue weighted by Gasteiger charge is -2.19. The van der Waals surface area contributed by atoms with E-state index in [0.717, 1.165) is 18.7 Å². The number of rotatable bonds is 4. The zero-order valence-corrected chi connectivity index (χ0v) is 13.0. The molecule has 116 valence electrons. The van der Waals surface area contributed by atoms with Crippen LogP contribution in [0.4, 0.5) is 0 Å². The van der Waals surface area contributed by atoms with Crippen LogP contribution < -0.4 is 5.32 Å². The van der Waals surface area contributed by atoms with Gasteiger partial charge >= 0.3 is 0 Å². The first-order valence-electron chi connectivity index (χ1n) is 7.60. The third kappa shape index (κ3) is 3.04. The lowest BCUT2D eigenvalue weighted by atomic mass is 9.95. The molecule has 2 atom stereocenters. The number of carbonyl (C=O) groups is 1. The molecule has 1 aliphatic rings. The van der Waals surface area contributed by atoms with E-state index in [4.69, 9.17) is 4.74 Å². The molecule has 1 aliphatic heterocycles. The molecule has 1 fully saturated rings. The molecule has 22 heavy (non-hydrogen) atoms. The summed E-state index contributed by atoms with van der Waals surface area (Å²) in [6.45, 7) is 3.24. The first-order valence-corrected chi connectivity index (χ1v) is 7.60. The Labute approximate surface area is 130 Å². The first kappa shape index (κ1) is 14.8. The van der Waals surface area contributed by atoms with Gasteiger partial charge in [0.05, 0.1) is 11.8 Å². The number of nitrogens with one attached hydrogen (secondary N) is 1. The Morgan fingerprint density at radius 1 is 1.41 bits per heavy atom. The number of nitrogens with zero attached hydrogens (tertiary/aromatic N) is 2. The highest BCUT2D eigenvalue weighted by Gasteiger charge is 2.30. The van der Waals surface area contributed by atoms with Gasteiger partial charge in [0.1, 0.15) is 5.69 Å². The molecular weight excluding hydrogens is 278 g/mol. The van der Waals surface area contributed by atoms with E-state index < -0.39 is 0 Å². The van der Waals surface area contributed by atoms with Gasteiger partial charge in [-0.25, -0.2) is 0 Å². The van der Waals surface area contributed by atoms with Crippen LogP contribution in [-0.4, -0.2) is 28.8 Å². The van der Waals surface area contributed by atoms with E-state index in [1.807, 2.05) is 25.1 Å². The third-order valence-corrected chi connectivity index (χ3v) is 4.10. The zero-order valence-electron chi connectivity index (χ0n) is 13.0. The quantitative estimate of drug-likeness (QED) is 0.942. The van der Waals surface area contributed by atoms with Gasteiger partial charge in [0, 0.05) is 26.1 Å². The second-order valence-electron chi connectivity index (χ2n) is 5.76. The van der Waals surface area contributed by atoms with Gasteiger partial charge in [-0.3, -0.25) is 9.48 Å². The molecule has 5 nitrogen and oxygen atoms in total. The highest BCUT2D eigenvalue weighted by molar-refractivity contribution is 5.92. The highest BCUT2D eigenvalue weighted by Crippen LogP contribution is 2.33. The summed E-state index contributed by atoms with van der Waals surface area (Å²) in [6, 6.07) is 12.0. The molecule has 0 radical (unpaired) electrons. The summed E-state index contributed by atoms with van der Waals surface area (Å²) in [5.41, 5.74) is 2.61. The monoisotopic (exact) mass is 299 g/mol. The fourth-order valence-corrected chi connectivity index (χ4v) is 2.99. The number of hydrogen-bond acceptors (Lipinski definition) is 3. The van der Waals surface area contributed by atoms with Crippen LogP contribution in [0.1, 0.15) is 34.3 Å². The Bertz CT molecular complexity index is 651. The largest absolute Gasteiger partial charge is 0.373 e. The van der Waals surface area contributed by atoms with Crippen molar-refractivity contribution in [3.05, 3.63) is 53.3 Å². The summed E-state index contributed by atoms with van der Waals surface area (Å²) in [4.78, 5) is 12.3. The Balaban J connectivity index is 1.63. The van der Waals surface area contributed by atoms with E-state index >= 15 is 0 Å². The molecular formula is C17H21N3O2. The summed E-state index contributed by atoms with van der Waals surface area (Å²) in [6.07, 6.45) is 1.03. The van der Waals surface area contributed by atoms with Crippen LogP contribution in [0.3, 0.4) is 0 Å². The topological polar surface area (TPSA) is 56.1 Å². The second kappa shape index (κ2) is 6.32. The van der Waals surface area contributed by atoms with Gasteiger partial charge in [-0.05, 0) is 25.0 Å². The van der Waals surface area contributed by atoms with E-state index in [9.17, 15) is 4.79 Å². The number of aromatic nitrogens is 2. The molecule has 0 bridgehead atoms. The van der Waals surface area contributed by atoms with Crippen LogP contribution >= 0.6 is 0 Å². The van der Waals surface area contributed by atoms with E-state index in [1.165, 1.54) is 5.56 Å². The SMILES string of the molecule is Cc1cc(C(=O)NC[C@H]2CCO[C@@H]2c2ccccc2)n(C)n1. The molecule has 0 aliphatic carbocycles. The average molecular weight is 299 g/mol. The van der Waals surface area contributed by atoms with Crippen molar-refractivity contribution in [2.75, 3.05) is 13.2 Å². The maximum Gasteiger partial charge on any atom is 0.269 e. The summed E-state index contributed by atoms with van der Waals surface area (Å²) < 4.78 is 7.46. The maximum atomic E-state index is 12.3. The number of carbonyl (C=O) groups excluding carboxylic acids is 1. The molecule has 3 rings (SSSR count). The maximum absolute atomic E-state index is 12.3. The second-order valence-corrected chi connectivity index (χ2v) is 5.76. The minimum absolute atomic E-state index is 0.0646. The van der Waals surface area contributed by atoms with Gasteiger partial charge < -0.3 is 10.1 Å². The Morgan fingerprint density at radius 3 is 2.86 bits per heavy atom. The van der Waals surface area contributed by atoms with Crippen LogP contribution in [0.2, 0.25) is 0 Å². The summed E-state index contributed by atoms with van der Waals surface area (Å²) >= 11 is 0. The van der Waals surface area contributed by atoms with Crippen LogP contribution in [-0.2, 0) is 11.8 Å². The lowest BCUT2D eigenvalue weighted by Crippen LogP contribution is -2.31. The van der Waals surface area contributed by atoms with Crippen molar-refractivity contribution in [2.45, 2.75) is 19.4 Å². The number of amides is 1. The van der Waals surface area contributed by atoms with Crippen LogP contribution in [0.25, 0.3) is 0 Å². The number of hydrogen-bond donors (Lipinski definition) is 1. The van der Waals surface area contributed by atoms with Gasteiger partial charge in [0.15, 0.2) is 0 Å². The molecule has 0 saturated carbocycles. The average Bonchev–Trinajstić information content (AvgIpc) is 3.12.